The average molecular weight is 506 g/mol. The van der Waals surface area contributed by atoms with Crippen LogP contribution in [-0.2, 0) is 0 Å². The molecule has 0 heterocycles. The van der Waals surface area contributed by atoms with Gasteiger partial charge in [0.25, 0.3) is 0 Å². The number of rotatable bonds is 10. The smallest absolute Gasteiger partial charge is 0.0326 e. The Morgan fingerprint density at radius 2 is 0.744 bits per heavy atom. The number of hydrogen-bond donors (Lipinski definition) is 0. The van der Waals surface area contributed by atoms with Crippen LogP contribution in [0.5, 0.6) is 0 Å². The van der Waals surface area contributed by atoms with Crippen molar-refractivity contribution in [2.45, 2.75) is 13.0 Å². The van der Waals surface area contributed by atoms with Gasteiger partial charge in [-0.1, -0.05) is 164 Å². The summed E-state index contributed by atoms with van der Waals surface area (Å²) in [6, 6.07) is 53.9. The summed E-state index contributed by atoms with van der Waals surface area (Å²) in [7, 11) is 0. The Balaban J connectivity index is 1.53. The Morgan fingerprint density at radius 3 is 1.05 bits per heavy atom. The molecule has 192 valence electrons. The first-order valence-electron chi connectivity index (χ1n) is 13.7. The Bertz CT molecular complexity index is 1290. The van der Waals surface area contributed by atoms with Crippen molar-refractivity contribution in [3.8, 4) is 0 Å². The summed E-state index contributed by atoms with van der Waals surface area (Å²) in [4.78, 5) is 2.55. The van der Waals surface area contributed by atoms with Crippen LogP contribution in [0.4, 0.5) is 0 Å². The van der Waals surface area contributed by atoms with E-state index in [-0.39, 0.29) is 6.04 Å². The second kappa shape index (κ2) is 13.4. The molecule has 5 rings (SSSR count). The van der Waals surface area contributed by atoms with E-state index in [0.29, 0.717) is 0 Å². The highest BCUT2D eigenvalue weighted by Crippen LogP contribution is 2.27. The minimum Gasteiger partial charge on any atom is -0.289 e. The van der Waals surface area contributed by atoms with E-state index in [1.165, 1.54) is 39.0 Å². The number of nitrogens with zero attached hydrogens (tertiary/aromatic N) is 1. The fourth-order valence-corrected chi connectivity index (χ4v) is 5.03. The van der Waals surface area contributed by atoms with Crippen molar-refractivity contribution in [2.75, 3.05) is 13.1 Å². The second-order valence-electron chi connectivity index (χ2n) is 9.74. The fourth-order valence-electron chi connectivity index (χ4n) is 5.03. The summed E-state index contributed by atoms with van der Waals surface area (Å²) in [5.41, 5.74) is 8.79. The van der Waals surface area contributed by atoms with E-state index in [4.69, 9.17) is 0 Å². The fraction of sp³-hybridized carbons (Fsp3) is 0.105. The van der Waals surface area contributed by atoms with Crippen LogP contribution in [-0.4, -0.2) is 18.0 Å². The quantitative estimate of drug-likeness (QED) is 0.183. The van der Waals surface area contributed by atoms with Crippen LogP contribution in [0.1, 0.15) is 40.8 Å². The zero-order valence-corrected chi connectivity index (χ0v) is 22.5. The van der Waals surface area contributed by atoms with Gasteiger partial charge in [0.1, 0.15) is 0 Å². The normalized spacial score (nSPS) is 11.5. The van der Waals surface area contributed by atoms with E-state index < -0.39 is 0 Å². The molecule has 0 aromatic heterocycles. The predicted molar refractivity (Wildman–Crippen MR) is 166 cm³/mol. The third-order valence-electron chi connectivity index (χ3n) is 7.23. The Labute approximate surface area is 233 Å². The monoisotopic (exact) mass is 505 g/mol. The van der Waals surface area contributed by atoms with E-state index >= 15 is 0 Å². The Hall–Kier alpha value is -4.46. The van der Waals surface area contributed by atoms with Crippen molar-refractivity contribution in [3.05, 3.63) is 192 Å². The lowest BCUT2D eigenvalue weighted by molar-refractivity contribution is 0.260. The molecule has 0 amide bonds. The van der Waals surface area contributed by atoms with Gasteiger partial charge in [0.2, 0.25) is 0 Å². The van der Waals surface area contributed by atoms with Crippen LogP contribution in [0.15, 0.2) is 164 Å². The molecule has 0 radical (unpaired) electrons. The topological polar surface area (TPSA) is 3.24 Å². The van der Waals surface area contributed by atoms with Crippen LogP contribution in [0.3, 0.4) is 0 Å². The summed E-state index contributed by atoms with van der Waals surface area (Å²) in [6.07, 6.45) is 4.78. The zero-order valence-electron chi connectivity index (χ0n) is 22.5. The molecule has 0 aliphatic carbocycles. The summed E-state index contributed by atoms with van der Waals surface area (Å²) < 4.78 is 0. The lowest BCUT2D eigenvalue weighted by Gasteiger charge is -2.28. The third kappa shape index (κ3) is 6.90. The van der Waals surface area contributed by atoms with Crippen molar-refractivity contribution >= 4 is 11.1 Å². The van der Waals surface area contributed by atoms with E-state index in [0.717, 1.165) is 13.1 Å². The first-order valence-corrected chi connectivity index (χ1v) is 13.7. The van der Waals surface area contributed by atoms with Crippen LogP contribution in [0.25, 0.3) is 11.1 Å². The van der Waals surface area contributed by atoms with E-state index in [2.05, 4.69) is 176 Å². The SMILES string of the molecule is C[C@@H](c1ccccc1)N(CC=C(c1ccccc1)c1ccccc1)CC=C(c1ccccc1)c1ccccc1. The van der Waals surface area contributed by atoms with Gasteiger partial charge >= 0.3 is 0 Å². The molecule has 0 fully saturated rings. The van der Waals surface area contributed by atoms with Crippen molar-refractivity contribution in [1.82, 2.24) is 4.90 Å². The second-order valence-corrected chi connectivity index (χ2v) is 9.74. The molecule has 1 nitrogen and oxygen atoms in total. The van der Waals surface area contributed by atoms with Gasteiger partial charge < -0.3 is 0 Å². The van der Waals surface area contributed by atoms with Gasteiger partial charge in [0.05, 0.1) is 0 Å². The molecule has 39 heavy (non-hydrogen) atoms. The Kier molecular flexibility index (Phi) is 8.97. The predicted octanol–water partition coefficient (Wildman–Crippen LogP) is 9.31. The lowest BCUT2D eigenvalue weighted by atomic mass is 9.96. The zero-order chi connectivity index (χ0) is 26.7. The molecule has 0 unspecified atom stereocenters. The average Bonchev–Trinajstić information content (AvgIpc) is 3.02. The van der Waals surface area contributed by atoms with Gasteiger partial charge in [-0.3, -0.25) is 4.90 Å². The highest BCUT2D eigenvalue weighted by Gasteiger charge is 2.16. The van der Waals surface area contributed by atoms with Crippen molar-refractivity contribution in [1.29, 1.82) is 0 Å². The van der Waals surface area contributed by atoms with Crippen molar-refractivity contribution < 1.29 is 0 Å². The molecule has 1 heteroatoms. The van der Waals surface area contributed by atoms with Gasteiger partial charge in [-0.05, 0) is 45.9 Å². The first-order chi connectivity index (χ1) is 19.3. The summed E-state index contributed by atoms with van der Waals surface area (Å²) in [5, 5.41) is 0. The molecule has 0 saturated heterocycles. The van der Waals surface area contributed by atoms with Crippen LogP contribution < -0.4 is 0 Å². The standard InChI is InChI=1S/C38H35N/c1-31(32-17-7-2-8-18-32)39(29-27-37(33-19-9-3-10-20-33)34-21-11-4-12-22-34)30-28-38(35-23-13-5-14-24-35)36-25-15-6-16-26-36/h2-28,31H,29-30H2,1H3/t31-/m0/s1. The molecule has 5 aromatic rings. The molecule has 5 aromatic carbocycles. The molecule has 1 atom stereocenters. The highest BCUT2D eigenvalue weighted by atomic mass is 15.1. The minimum atomic E-state index is 0.249. The van der Waals surface area contributed by atoms with Gasteiger partial charge in [0, 0.05) is 19.1 Å². The number of hydrogen-bond acceptors (Lipinski definition) is 1. The molecule has 0 bridgehead atoms. The van der Waals surface area contributed by atoms with Crippen molar-refractivity contribution in [3.63, 3.8) is 0 Å². The summed E-state index contributed by atoms with van der Waals surface area (Å²) >= 11 is 0. The van der Waals surface area contributed by atoms with E-state index in [1.54, 1.807) is 0 Å². The maximum absolute atomic E-state index is 2.55. The van der Waals surface area contributed by atoms with Crippen molar-refractivity contribution in [2.24, 2.45) is 0 Å². The lowest BCUT2D eigenvalue weighted by Crippen LogP contribution is -2.28. The van der Waals surface area contributed by atoms with E-state index in [9.17, 15) is 0 Å². The van der Waals surface area contributed by atoms with Crippen LogP contribution >= 0.6 is 0 Å². The van der Waals surface area contributed by atoms with Gasteiger partial charge in [-0.25, -0.2) is 0 Å². The maximum Gasteiger partial charge on any atom is 0.0326 e. The molecule has 0 aliphatic rings. The minimum absolute atomic E-state index is 0.249. The Morgan fingerprint density at radius 1 is 0.462 bits per heavy atom. The molecule has 0 N–H and O–H groups in total. The van der Waals surface area contributed by atoms with Crippen LogP contribution in [0, 0.1) is 0 Å². The third-order valence-corrected chi connectivity index (χ3v) is 7.23. The maximum atomic E-state index is 2.55. The number of benzene rings is 5. The first kappa shape index (κ1) is 26.2. The molecular formula is C38H35N. The van der Waals surface area contributed by atoms with Crippen LogP contribution in [0.2, 0.25) is 0 Å². The largest absolute Gasteiger partial charge is 0.289 e. The summed E-state index contributed by atoms with van der Waals surface area (Å²) in [5.74, 6) is 0. The van der Waals surface area contributed by atoms with Gasteiger partial charge in [0.15, 0.2) is 0 Å². The molecule has 0 saturated carbocycles. The summed E-state index contributed by atoms with van der Waals surface area (Å²) in [6.45, 7) is 3.96. The van der Waals surface area contributed by atoms with Gasteiger partial charge in [-0.2, -0.15) is 0 Å². The molecule has 0 aliphatic heterocycles. The molecule has 0 spiro atoms. The molecular weight excluding hydrogens is 470 g/mol. The van der Waals surface area contributed by atoms with E-state index in [1.807, 2.05) is 0 Å². The van der Waals surface area contributed by atoms with Gasteiger partial charge in [-0.15, -0.1) is 0 Å². The highest BCUT2D eigenvalue weighted by molar-refractivity contribution is 5.80.